The number of nitrogens with one attached hydrogen (secondary N) is 1. The third-order valence-electron chi connectivity index (χ3n) is 3.70. The Hall–Kier alpha value is -0.120. The molecular weight excluding hydrogens is 224 g/mol. The number of methoxy groups -OCH3 is 1. The summed E-state index contributed by atoms with van der Waals surface area (Å²) in [4.78, 5) is 2.63. The van der Waals surface area contributed by atoms with Crippen molar-refractivity contribution in [2.24, 2.45) is 5.92 Å². The van der Waals surface area contributed by atoms with Gasteiger partial charge in [-0.05, 0) is 38.4 Å². The molecule has 3 nitrogen and oxygen atoms in total. The first-order valence-electron chi connectivity index (χ1n) is 7.67. The van der Waals surface area contributed by atoms with E-state index in [1.807, 2.05) is 7.11 Å². The third kappa shape index (κ3) is 6.72. The minimum atomic E-state index is 0.548. The average molecular weight is 256 g/mol. The molecule has 1 saturated heterocycles. The van der Waals surface area contributed by atoms with Gasteiger partial charge in [-0.2, -0.15) is 0 Å². The largest absolute Gasteiger partial charge is 0.383 e. The fourth-order valence-corrected chi connectivity index (χ4v) is 2.66. The molecule has 0 spiro atoms. The molecule has 18 heavy (non-hydrogen) atoms. The van der Waals surface area contributed by atoms with Crippen LogP contribution in [0, 0.1) is 5.92 Å². The van der Waals surface area contributed by atoms with Crippen LogP contribution in [0.15, 0.2) is 0 Å². The Kier molecular flexibility index (Phi) is 8.64. The van der Waals surface area contributed by atoms with Crippen molar-refractivity contribution in [2.45, 2.75) is 52.0 Å². The van der Waals surface area contributed by atoms with Gasteiger partial charge >= 0.3 is 0 Å². The highest BCUT2D eigenvalue weighted by atomic mass is 16.5. The summed E-state index contributed by atoms with van der Waals surface area (Å²) in [7, 11) is 1.82. The van der Waals surface area contributed by atoms with Gasteiger partial charge in [-0.3, -0.25) is 4.90 Å². The van der Waals surface area contributed by atoms with Crippen molar-refractivity contribution < 1.29 is 4.74 Å². The zero-order valence-corrected chi connectivity index (χ0v) is 12.6. The molecular formula is C15H32N2O. The summed E-state index contributed by atoms with van der Waals surface area (Å²) < 4.78 is 5.41. The maximum absolute atomic E-state index is 5.41. The minimum Gasteiger partial charge on any atom is -0.383 e. The molecule has 0 radical (unpaired) electrons. The second-order valence-corrected chi connectivity index (χ2v) is 5.96. The summed E-state index contributed by atoms with van der Waals surface area (Å²) in [6.45, 7) is 10.0. The van der Waals surface area contributed by atoms with Gasteiger partial charge in [-0.15, -0.1) is 0 Å². The Balaban J connectivity index is 2.36. The lowest BCUT2D eigenvalue weighted by Gasteiger charge is -2.33. The van der Waals surface area contributed by atoms with Crippen LogP contribution in [0.2, 0.25) is 0 Å². The van der Waals surface area contributed by atoms with E-state index in [4.69, 9.17) is 4.74 Å². The van der Waals surface area contributed by atoms with Crippen molar-refractivity contribution in [2.75, 3.05) is 39.9 Å². The molecule has 0 aliphatic carbocycles. The minimum absolute atomic E-state index is 0.548. The van der Waals surface area contributed by atoms with E-state index in [1.54, 1.807) is 0 Å². The van der Waals surface area contributed by atoms with Crippen LogP contribution in [0.5, 0.6) is 0 Å². The van der Waals surface area contributed by atoms with Gasteiger partial charge in [0.25, 0.3) is 0 Å². The normalized spacial score (nSPS) is 20.7. The van der Waals surface area contributed by atoms with Crippen LogP contribution in [0.25, 0.3) is 0 Å². The SMILES string of the molecule is COCC(CNCC(C)C)N1CCCCCCC1. The molecule has 3 heteroatoms. The molecule has 1 rings (SSSR count). The van der Waals surface area contributed by atoms with E-state index in [1.165, 1.54) is 45.2 Å². The first-order chi connectivity index (χ1) is 8.74. The van der Waals surface area contributed by atoms with Gasteiger partial charge in [0, 0.05) is 19.7 Å². The van der Waals surface area contributed by atoms with E-state index in [9.17, 15) is 0 Å². The fourth-order valence-electron chi connectivity index (χ4n) is 2.66. The van der Waals surface area contributed by atoms with Crippen LogP contribution < -0.4 is 5.32 Å². The lowest BCUT2D eigenvalue weighted by atomic mass is 10.1. The summed E-state index contributed by atoms with van der Waals surface area (Å²) in [5, 5.41) is 3.58. The van der Waals surface area contributed by atoms with Crippen LogP contribution in [-0.4, -0.2) is 50.8 Å². The summed E-state index contributed by atoms with van der Waals surface area (Å²) >= 11 is 0. The number of hydrogen-bond donors (Lipinski definition) is 1. The predicted molar refractivity (Wildman–Crippen MR) is 78.0 cm³/mol. The quantitative estimate of drug-likeness (QED) is 0.757. The average Bonchev–Trinajstić information content (AvgIpc) is 2.27. The molecule has 1 aliphatic rings. The van der Waals surface area contributed by atoms with Crippen molar-refractivity contribution in [3.8, 4) is 0 Å². The highest BCUT2D eigenvalue weighted by Gasteiger charge is 2.18. The van der Waals surface area contributed by atoms with Crippen LogP contribution in [-0.2, 0) is 4.74 Å². The van der Waals surface area contributed by atoms with Crippen molar-refractivity contribution >= 4 is 0 Å². The maximum Gasteiger partial charge on any atom is 0.0630 e. The summed E-state index contributed by atoms with van der Waals surface area (Å²) in [6.07, 6.45) is 6.93. The first kappa shape index (κ1) is 15.9. The molecule has 1 unspecified atom stereocenters. The molecule has 0 aromatic rings. The Labute approximate surface area is 113 Å². The molecule has 0 bridgehead atoms. The van der Waals surface area contributed by atoms with Crippen molar-refractivity contribution in [3.05, 3.63) is 0 Å². The van der Waals surface area contributed by atoms with E-state index >= 15 is 0 Å². The summed E-state index contributed by atoms with van der Waals surface area (Å²) in [6, 6.07) is 0.548. The molecule has 0 amide bonds. The first-order valence-corrected chi connectivity index (χ1v) is 7.67. The van der Waals surface area contributed by atoms with Crippen LogP contribution >= 0.6 is 0 Å². The Bertz CT molecular complexity index is 189. The number of nitrogens with zero attached hydrogens (tertiary/aromatic N) is 1. The Morgan fingerprint density at radius 1 is 1.00 bits per heavy atom. The van der Waals surface area contributed by atoms with E-state index in [2.05, 4.69) is 24.1 Å². The van der Waals surface area contributed by atoms with Gasteiger partial charge in [0.05, 0.1) is 6.61 Å². The van der Waals surface area contributed by atoms with Crippen LogP contribution in [0.3, 0.4) is 0 Å². The Morgan fingerprint density at radius 2 is 1.61 bits per heavy atom. The number of rotatable bonds is 7. The maximum atomic E-state index is 5.41. The van der Waals surface area contributed by atoms with Gasteiger partial charge in [-0.1, -0.05) is 33.1 Å². The highest BCUT2D eigenvalue weighted by Crippen LogP contribution is 2.13. The van der Waals surface area contributed by atoms with E-state index < -0.39 is 0 Å². The number of hydrogen-bond acceptors (Lipinski definition) is 3. The van der Waals surface area contributed by atoms with E-state index in [0.717, 1.165) is 25.6 Å². The zero-order chi connectivity index (χ0) is 13.2. The third-order valence-corrected chi connectivity index (χ3v) is 3.70. The number of ether oxygens (including phenoxy) is 1. The molecule has 0 aromatic carbocycles. The van der Waals surface area contributed by atoms with Crippen molar-refractivity contribution in [3.63, 3.8) is 0 Å². The molecule has 1 atom stereocenters. The smallest absolute Gasteiger partial charge is 0.0630 e. The molecule has 1 aliphatic heterocycles. The predicted octanol–water partition coefficient (Wildman–Crippen LogP) is 2.51. The highest BCUT2D eigenvalue weighted by molar-refractivity contribution is 4.75. The van der Waals surface area contributed by atoms with Crippen molar-refractivity contribution in [1.82, 2.24) is 10.2 Å². The molecule has 0 aromatic heterocycles. The molecule has 1 fully saturated rings. The van der Waals surface area contributed by atoms with Crippen LogP contribution in [0.1, 0.15) is 46.0 Å². The zero-order valence-electron chi connectivity index (χ0n) is 12.6. The molecule has 1 heterocycles. The number of likely N-dealkylation sites (tertiary alicyclic amines) is 1. The van der Waals surface area contributed by atoms with Gasteiger partial charge in [0.1, 0.15) is 0 Å². The fraction of sp³-hybridized carbons (Fsp3) is 1.00. The second-order valence-electron chi connectivity index (χ2n) is 5.96. The topological polar surface area (TPSA) is 24.5 Å². The van der Waals surface area contributed by atoms with Gasteiger partial charge in [0.2, 0.25) is 0 Å². The standard InChI is InChI=1S/C15H32N2O/c1-14(2)11-16-12-15(13-18-3)17-9-7-5-4-6-8-10-17/h14-16H,4-13H2,1-3H3. The van der Waals surface area contributed by atoms with Crippen molar-refractivity contribution in [1.29, 1.82) is 0 Å². The van der Waals surface area contributed by atoms with E-state index in [-0.39, 0.29) is 0 Å². The van der Waals surface area contributed by atoms with Gasteiger partial charge in [-0.25, -0.2) is 0 Å². The lowest BCUT2D eigenvalue weighted by molar-refractivity contribution is 0.0830. The molecule has 108 valence electrons. The Morgan fingerprint density at radius 3 is 2.17 bits per heavy atom. The summed E-state index contributed by atoms with van der Waals surface area (Å²) in [5.74, 6) is 0.723. The van der Waals surface area contributed by atoms with Gasteiger partial charge < -0.3 is 10.1 Å². The lowest BCUT2D eigenvalue weighted by Crippen LogP contribution is -2.47. The molecule has 1 N–H and O–H groups in total. The van der Waals surface area contributed by atoms with Gasteiger partial charge in [0.15, 0.2) is 0 Å². The second kappa shape index (κ2) is 9.76. The molecule has 0 saturated carbocycles. The monoisotopic (exact) mass is 256 g/mol. The van der Waals surface area contributed by atoms with E-state index in [0.29, 0.717) is 6.04 Å². The summed E-state index contributed by atoms with van der Waals surface area (Å²) in [5.41, 5.74) is 0. The van der Waals surface area contributed by atoms with Crippen LogP contribution in [0.4, 0.5) is 0 Å².